The highest BCUT2D eigenvalue weighted by atomic mass is 127. The number of likely N-dealkylation sites (N-methyl/N-ethyl adjacent to an activating group) is 1. The standard InChI is InChI=1S/C15H29N5S.HI/c1-5-10-20(6-2)11-9-18-15(16-4)17-8-7-14-12-21-13(3)19-14;/h12H,5-11H2,1-4H3,(H2,16,17,18);1H. The molecule has 0 saturated heterocycles. The molecule has 22 heavy (non-hydrogen) atoms. The average Bonchev–Trinajstić information content (AvgIpc) is 2.90. The maximum atomic E-state index is 4.46. The monoisotopic (exact) mass is 439 g/mol. The van der Waals surface area contributed by atoms with Gasteiger partial charge in [-0.15, -0.1) is 35.3 Å². The molecule has 0 atom stereocenters. The summed E-state index contributed by atoms with van der Waals surface area (Å²) in [5, 5.41) is 9.95. The molecular formula is C15H30IN5S. The Labute approximate surface area is 156 Å². The molecular weight excluding hydrogens is 409 g/mol. The highest BCUT2D eigenvalue weighted by Crippen LogP contribution is 2.07. The Morgan fingerprint density at radius 1 is 1.27 bits per heavy atom. The Morgan fingerprint density at radius 3 is 2.55 bits per heavy atom. The van der Waals surface area contributed by atoms with Gasteiger partial charge in [0.1, 0.15) is 0 Å². The van der Waals surface area contributed by atoms with Crippen molar-refractivity contribution in [3.63, 3.8) is 0 Å². The molecule has 0 saturated carbocycles. The van der Waals surface area contributed by atoms with Crippen LogP contribution < -0.4 is 10.6 Å². The number of hydrogen-bond acceptors (Lipinski definition) is 4. The number of thiazole rings is 1. The highest BCUT2D eigenvalue weighted by molar-refractivity contribution is 14.0. The van der Waals surface area contributed by atoms with Crippen molar-refractivity contribution in [2.24, 2.45) is 4.99 Å². The van der Waals surface area contributed by atoms with E-state index in [9.17, 15) is 0 Å². The van der Waals surface area contributed by atoms with Crippen LogP contribution in [-0.2, 0) is 6.42 Å². The van der Waals surface area contributed by atoms with Crippen molar-refractivity contribution in [1.82, 2.24) is 20.5 Å². The summed E-state index contributed by atoms with van der Waals surface area (Å²) in [6.07, 6.45) is 2.13. The van der Waals surface area contributed by atoms with Crippen LogP contribution in [0.5, 0.6) is 0 Å². The quantitative estimate of drug-likeness (QED) is 0.353. The molecule has 1 rings (SSSR count). The zero-order valence-electron chi connectivity index (χ0n) is 14.2. The van der Waals surface area contributed by atoms with E-state index in [0.717, 1.165) is 55.8 Å². The van der Waals surface area contributed by atoms with E-state index in [1.807, 2.05) is 14.0 Å². The van der Waals surface area contributed by atoms with Crippen molar-refractivity contribution in [3.8, 4) is 0 Å². The molecule has 2 N–H and O–H groups in total. The lowest BCUT2D eigenvalue weighted by Gasteiger charge is -2.20. The first kappa shape index (κ1) is 21.6. The van der Waals surface area contributed by atoms with E-state index in [1.54, 1.807) is 11.3 Å². The van der Waals surface area contributed by atoms with Gasteiger partial charge in [-0.2, -0.15) is 0 Å². The molecule has 0 bridgehead atoms. The Bertz CT molecular complexity index is 422. The second kappa shape index (κ2) is 13.1. The molecule has 1 heterocycles. The summed E-state index contributed by atoms with van der Waals surface area (Å²) in [7, 11) is 1.81. The summed E-state index contributed by atoms with van der Waals surface area (Å²) < 4.78 is 0. The molecule has 0 aromatic carbocycles. The number of aromatic nitrogens is 1. The number of nitrogens with one attached hydrogen (secondary N) is 2. The van der Waals surface area contributed by atoms with Gasteiger partial charge in [-0.1, -0.05) is 13.8 Å². The zero-order chi connectivity index (χ0) is 15.5. The highest BCUT2D eigenvalue weighted by Gasteiger charge is 2.02. The van der Waals surface area contributed by atoms with Gasteiger partial charge in [-0.25, -0.2) is 4.98 Å². The smallest absolute Gasteiger partial charge is 0.191 e. The van der Waals surface area contributed by atoms with E-state index < -0.39 is 0 Å². The van der Waals surface area contributed by atoms with Crippen molar-refractivity contribution in [2.45, 2.75) is 33.6 Å². The molecule has 5 nitrogen and oxygen atoms in total. The maximum Gasteiger partial charge on any atom is 0.191 e. The number of rotatable bonds is 9. The Morgan fingerprint density at radius 2 is 2.00 bits per heavy atom. The number of nitrogens with zero attached hydrogens (tertiary/aromatic N) is 3. The lowest BCUT2D eigenvalue weighted by Crippen LogP contribution is -2.42. The molecule has 0 aliphatic heterocycles. The fraction of sp³-hybridized carbons (Fsp3) is 0.733. The number of aryl methyl sites for hydroxylation is 1. The predicted molar refractivity (Wildman–Crippen MR) is 108 cm³/mol. The van der Waals surface area contributed by atoms with Gasteiger partial charge in [0.05, 0.1) is 10.7 Å². The largest absolute Gasteiger partial charge is 0.356 e. The van der Waals surface area contributed by atoms with Gasteiger partial charge in [0.25, 0.3) is 0 Å². The molecule has 1 aromatic rings. The molecule has 7 heteroatoms. The van der Waals surface area contributed by atoms with E-state index in [-0.39, 0.29) is 24.0 Å². The summed E-state index contributed by atoms with van der Waals surface area (Å²) in [6, 6.07) is 0. The third kappa shape index (κ3) is 8.89. The van der Waals surface area contributed by atoms with Crippen molar-refractivity contribution in [2.75, 3.05) is 39.8 Å². The van der Waals surface area contributed by atoms with Crippen LogP contribution in [0.25, 0.3) is 0 Å². The second-order valence-corrected chi connectivity index (χ2v) is 6.03. The topological polar surface area (TPSA) is 52.5 Å². The normalized spacial score (nSPS) is 11.4. The van der Waals surface area contributed by atoms with Gasteiger partial charge in [0.2, 0.25) is 0 Å². The van der Waals surface area contributed by atoms with Crippen molar-refractivity contribution >= 4 is 41.3 Å². The molecule has 0 fully saturated rings. The lowest BCUT2D eigenvalue weighted by atomic mass is 10.3. The third-order valence-corrected chi connectivity index (χ3v) is 4.09. The van der Waals surface area contributed by atoms with Crippen molar-refractivity contribution < 1.29 is 0 Å². The van der Waals surface area contributed by atoms with Crippen LogP contribution in [0.4, 0.5) is 0 Å². The summed E-state index contributed by atoms with van der Waals surface area (Å²) in [6.45, 7) is 11.6. The minimum atomic E-state index is 0. The third-order valence-electron chi connectivity index (χ3n) is 3.27. The van der Waals surface area contributed by atoms with E-state index >= 15 is 0 Å². The number of hydrogen-bond donors (Lipinski definition) is 2. The molecule has 0 amide bonds. The first-order chi connectivity index (χ1) is 10.2. The minimum Gasteiger partial charge on any atom is -0.356 e. The molecule has 0 spiro atoms. The van der Waals surface area contributed by atoms with Gasteiger partial charge < -0.3 is 15.5 Å². The molecule has 0 aliphatic carbocycles. The van der Waals surface area contributed by atoms with Gasteiger partial charge in [0.15, 0.2) is 5.96 Å². The van der Waals surface area contributed by atoms with E-state index in [0.29, 0.717) is 0 Å². The van der Waals surface area contributed by atoms with E-state index in [1.165, 1.54) is 6.42 Å². The number of aliphatic imine (C=N–C) groups is 1. The van der Waals surface area contributed by atoms with Crippen LogP contribution in [0.15, 0.2) is 10.4 Å². The maximum absolute atomic E-state index is 4.46. The average molecular weight is 439 g/mol. The zero-order valence-corrected chi connectivity index (χ0v) is 17.3. The van der Waals surface area contributed by atoms with E-state index in [2.05, 4.69) is 44.7 Å². The van der Waals surface area contributed by atoms with Crippen LogP contribution >= 0.6 is 35.3 Å². The fourth-order valence-corrected chi connectivity index (χ4v) is 2.78. The molecule has 1 aromatic heterocycles. The predicted octanol–water partition coefficient (Wildman–Crippen LogP) is 2.51. The van der Waals surface area contributed by atoms with Crippen LogP contribution in [-0.4, -0.2) is 55.6 Å². The van der Waals surface area contributed by atoms with Gasteiger partial charge in [0, 0.05) is 38.5 Å². The first-order valence-electron chi connectivity index (χ1n) is 7.77. The van der Waals surface area contributed by atoms with Crippen LogP contribution in [0.1, 0.15) is 31.0 Å². The summed E-state index contributed by atoms with van der Waals surface area (Å²) in [5.74, 6) is 0.870. The molecule has 0 unspecified atom stereocenters. The van der Waals surface area contributed by atoms with Gasteiger partial charge >= 0.3 is 0 Å². The summed E-state index contributed by atoms with van der Waals surface area (Å²) in [4.78, 5) is 11.2. The van der Waals surface area contributed by atoms with Crippen LogP contribution in [0, 0.1) is 6.92 Å². The van der Waals surface area contributed by atoms with Crippen LogP contribution in [0.3, 0.4) is 0 Å². The second-order valence-electron chi connectivity index (χ2n) is 4.97. The number of halogens is 1. The number of guanidine groups is 1. The SMILES string of the molecule is CCCN(CC)CCNC(=NC)NCCc1csc(C)n1.I. The Hall–Kier alpha value is -0.410. The Balaban J connectivity index is 0.00000441. The molecule has 0 aliphatic rings. The van der Waals surface area contributed by atoms with Gasteiger partial charge in [-0.05, 0) is 26.4 Å². The van der Waals surface area contributed by atoms with Crippen molar-refractivity contribution in [3.05, 3.63) is 16.1 Å². The van der Waals surface area contributed by atoms with Crippen LogP contribution in [0.2, 0.25) is 0 Å². The fourth-order valence-electron chi connectivity index (χ4n) is 2.13. The molecule has 128 valence electrons. The summed E-state index contributed by atoms with van der Waals surface area (Å²) >= 11 is 1.70. The Kier molecular flexibility index (Phi) is 12.8. The van der Waals surface area contributed by atoms with E-state index in [4.69, 9.17) is 0 Å². The minimum absolute atomic E-state index is 0. The summed E-state index contributed by atoms with van der Waals surface area (Å²) in [5.41, 5.74) is 1.15. The molecule has 0 radical (unpaired) electrons. The van der Waals surface area contributed by atoms with Gasteiger partial charge in [-0.3, -0.25) is 4.99 Å². The lowest BCUT2D eigenvalue weighted by molar-refractivity contribution is 0.293. The van der Waals surface area contributed by atoms with Crippen molar-refractivity contribution in [1.29, 1.82) is 0 Å². The first-order valence-corrected chi connectivity index (χ1v) is 8.65.